The van der Waals surface area contributed by atoms with Gasteiger partial charge in [0.15, 0.2) is 5.15 Å². The number of nitrogens with zero attached hydrogens (tertiary/aromatic N) is 3. The lowest BCUT2D eigenvalue weighted by atomic mass is 9.48. The number of hydrogen-bond acceptors (Lipinski definition) is 3. The Morgan fingerprint density at radius 1 is 1.12 bits per heavy atom. The molecule has 3 heterocycles. The number of hydrogen-bond donors (Lipinski definition) is 1. The zero-order valence-electron chi connectivity index (χ0n) is 19.1. The van der Waals surface area contributed by atoms with E-state index in [0.29, 0.717) is 34.6 Å². The van der Waals surface area contributed by atoms with Gasteiger partial charge in [0.05, 0.1) is 5.69 Å². The topological polar surface area (TPSA) is 59.8 Å². The Bertz CT molecular complexity index is 1150. The zero-order valence-corrected chi connectivity index (χ0v) is 20.6. The summed E-state index contributed by atoms with van der Waals surface area (Å²) in [7, 11) is 0. The van der Waals surface area contributed by atoms with Gasteiger partial charge in [-0.15, -0.1) is 0 Å². The van der Waals surface area contributed by atoms with Crippen molar-refractivity contribution in [2.24, 2.45) is 34.5 Å². The fourth-order valence-corrected chi connectivity index (χ4v) is 8.56. The number of anilines is 1. The quantitative estimate of drug-likeness (QED) is 0.485. The fraction of sp³-hybridized carbons (Fsp3) is 0.577. The second-order valence-electron chi connectivity index (χ2n) is 11.0. The van der Waals surface area contributed by atoms with Gasteiger partial charge >= 0.3 is 0 Å². The van der Waals surface area contributed by atoms with Crippen LogP contribution < -0.4 is 5.32 Å². The Balaban J connectivity index is 1.24. The van der Waals surface area contributed by atoms with Gasteiger partial charge in [-0.2, -0.15) is 0 Å². The second-order valence-corrected chi connectivity index (χ2v) is 11.7. The number of pyridine rings is 1. The maximum atomic E-state index is 13.4. The summed E-state index contributed by atoms with van der Waals surface area (Å²) >= 11 is 12.2. The number of carbonyl (C=O) groups excluding carboxylic acids is 1. The molecule has 1 aliphatic heterocycles. The van der Waals surface area contributed by atoms with Crippen LogP contribution in [0.4, 0.5) is 5.69 Å². The molecule has 1 amide bonds. The first-order valence-electron chi connectivity index (χ1n) is 12.2. The van der Waals surface area contributed by atoms with E-state index in [1.807, 2.05) is 6.20 Å². The number of nitrogens with one attached hydrogen (secondary N) is 1. The second kappa shape index (κ2) is 7.58. The SMILES string of the molecule is C[C@]12C=Cc3nccn3C1CCC1C2CC[C@@]2(C)C1CC[C@@H]2C(=O)Nc1ccc(Cl)nc1Cl. The third-order valence-electron chi connectivity index (χ3n) is 9.74. The summed E-state index contributed by atoms with van der Waals surface area (Å²) < 4.78 is 2.40. The molecular weight excluding hydrogens is 455 g/mol. The number of fused-ring (bicyclic) bond motifs is 7. The molecule has 7 heteroatoms. The molecule has 174 valence electrons. The molecule has 0 saturated heterocycles. The van der Waals surface area contributed by atoms with Gasteiger partial charge in [0.1, 0.15) is 11.0 Å². The minimum atomic E-state index is 0.00266. The van der Waals surface area contributed by atoms with Crippen LogP contribution in [0.25, 0.3) is 6.08 Å². The number of allylic oxidation sites excluding steroid dienone is 1. The Kier molecular flexibility index (Phi) is 4.97. The van der Waals surface area contributed by atoms with Crippen LogP contribution in [0.1, 0.15) is 64.2 Å². The van der Waals surface area contributed by atoms with Crippen LogP contribution in [-0.2, 0) is 4.79 Å². The standard InChI is InChI=1S/C26H30Cl2N4O/c1-25-11-9-17-15(3-7-20-26(17,2)12-10-22-29-13-14-32(20)22)16(25)4-5-18(25)24(33)30-19-6-8-21(27)31-23(19)28/h6,8,10,12-18,20H,3-5,7,9,11H2,1-2H3,(H,30,33)/t15?,16?,17?,18-,20?,25+,26-/m1/s1. The van der Waals surface area contributed by atoms with Crippen molar-refractivity contribution in [3.63, 3.8) is 0 Å². The van der Waals surface area contributed by atoms with Crippen molar-refractivity contribution < 1.29 is 4.79 Å². The molecule has 3 aliphatic carbocycles. The van der Waals surface area contributed by atoms with E-state index in [1.165, 1.54) is 19.3 Å². The molecule has 5 nitrogen and oxygen atoms in total. The van der Waals surface area contributed by atoms with Gasteiger partial charge in [-0.3, -0.25) is 4.79 Å². The van der Waals surface area contributed by atoms with E-state index in [4.69, 9.17) is 23.2 Å². The summed E-state index contributed by atoms with van der Waals surface area (Å²) in [6.07, 6.45) is 15.5. The van der Waals surface area contributed by atoms with E-state index in [1.54, 1.807) is 12.1 Å². The van der Waals surface area contributed by atoms with E-state index >= 15 is 0 Å². The maximum Gasteiger partial charge on any atom is 0.228 e. The van der Waals surface area contributed by atoms with Crippen molar-refractivity contribution in [1.82, 2.24) is 14.5 Å². The Morgan fingerprint density at radius 2 is 1.97 bits per heavy atom. The summed E-state index contributed by atoms with van der Waals surface area (Å²) in [5, 5.41) is 3.63. The molecule has 4 aliphatic rings. The average molecular weight is 485 g/mol. The van der Waals surface area contributed by atoms with E-state index in [-0.39, 0.29) is 27.8 Å². The lowest BCUT2D eigenvalue weighted by molar-refractivity contribution is -0.127. The Hall–Kier alpha value is -1.85. The van der Waals surface area contributed by atoms with Crippen molar-refractivity contribution in [3.05, 3.63) is 46.7 Å². The highest BCUT2D eigenvalue weighted by molar-refractivity contribution is 6.34. The highest BCUT2D eigenvalue weighted by Gasteiger charge is 2.61. The molecule has 0 spiro atoms. The van der Waals surface area contributed by atoms with Crippen molar-refractivity contribution in [3.8, 4) is 0 Å². The van der Waals surface area contributed by atoms with Crippen LogP contribution >= 0.6 is 23.2 Å². The highest BCUT2D eigenvalue weighted by atomic mass is 35.5. The molecule has 0 aromatic carbocycles. The third kappa shape index (κ3) is 3.15. The van der Waals surface area contributed by atoms with Gasteiger partial charge in [-0.25, -0.2) is 9.97 Å². The van der Waals surface area contributed by atoms with E-state index < -0.39 is 0 Å². The summed E-state index contributed by atoms with van der Waals surface area (Å²) in [5.41, 5.74) is 0.725. The molecule has 2 aromatic rings. The van der Waals surface area contributed by atoms with Crippen LogP contribution in [0, 0.1) is 34.5 Å². The molecule has 6 rings (SSSR count). The Labute approximate surface area is 205 Å². The minimum Gasteiger partial charge on any atom is -0.328 e. The number of imidazole rings is 1. The van der Waals surface area contributed by atoms with Crippen molar-refractivity contribution in [2.45, 2.75) is 58.4 Å². The van der Waals surface area contributed by atoms with E-state index in [0.717, 1.165) is 25.1 Å². The number of amides is 1. The molecule has 33 heavy (non-hydrogen) atoms. The number of aromatic nitrogens is 3. The first-order valence-corrected chi connectivity index (χ1v) is 12.9. The predicted molar refractivity (Wildman–Crippen MR) is 131 cm³/mol. The van der Waals surface area contributed by atoms with Crippen LogP contribution in [0.2, 0.25) is 10.3 Å². The molecule has 2 aromatic heterocycles. The Morgan fingerprint density at radius 3 is 2.79 bits per heavy atom. The maximum absolute atomic E-state index is 13.4. The summed E-state index contributed by atoms with van der Waals surface area (Å²) in [5.74, 6) is 3.06. The normalized spacial score (nSPS) is 38.7. The minimum absolute atomic E-state index is 0.00266. The molecule has 1 N–H and O–H groups in total. The van der Waals surface area contributed by atoms with Gasteiger partial charge in [0.25, 0.3) is 0 Å². The van der Waals surface area contributed by atoms with Crippen molar-refractivity contribution in [2.75, 3.05) is 5.32 Å². The van der Waals surface area contributed by atoms with Gasteiger partial charge in [0, 0.05) is 29.8 Å². The van der Waals surface area contributed by atoms with Gasteiger partial charge < -0.3 is 9.88 Å². The fourth-order valence-electron chi connectivity index (χ4n) is 8.17. The average Bonchev–Trinajstić information content (AvgIpc) is 3.39. The monoisotopic (exact) mass is 484 g/mol. The molecule has 4 unspecified atom stereocenters. The van der Waals surface area contributed by atoms with E-state index in [9.17, 15) is 4.79 Å². The number of rotatable bonds is 2. The molecule has 0 radical (unpaired) electrons. The predicted octanol–water partition coefficient (Wildman–Crippen LogP) is 6.65. The number of halogens is 2. The van der Waals surface area contributed by atoms with Crippen LogP contribution in [0.5, 0.6) is 0 Å². The van der Waals surface area contributed by atoms with Gasteiger partial charge in [-0.1, -0.05) is 43.1 Å². The van der Waals surface area contributed by atoms with E-state index in [2.05, 4.69) is 52.0 Å². The summed E-state index contributed by atoms with van der Waals surface area (Å²) in [4.78, 5) is 22.0. The van der Waals surface area contributed by atoms with Gasteiger partial charge in [0.2, 0.25) is 5.91 Å². The lowest BCUT2D eigenvalue weighted by Crippen LogP contribution is -2.53. The molecule has 3 fully saturated rings. The van der Waals surface area contributed by atoms with Crippen molar-refractivity contribution in [1.29, 1.82) is 0 Å². The first-order chi connectivity index (χ1) is 15.8. The highest BCUT2D eigenvalue weighted by Crippen LogP contribution is 2.67. The number of carbonyl (C=O) groups is 1. The lowest BCUT2D eigenvalue weighted by Gasteiger charge is -2.59. The zero-order chi connectivity index (χ0) is 23.0. The van der Waals surface area contributed by atoms with Crippen molar-refractivity contribution >= 4 is 40.9 Å². The molecule has 7 atom stereocenters. The smallest absolute Gasteiger partial charge is 0.228 e. The summed E-state index contributed by atoms with van der Waals surface area (Å²) in [6.45, 7) is 4.83. The third-order valence-corrected chi connectivity index (χ3v) is 10.2. The van der Waals surface area contributed by atoms with Crippen LogP contribution in [-0.4, -0.2) is 20.4 Å². The summed E-state index contributed by atoms with van der Waals surface area (Å²) in [6, 6.07) is 3.89. The molecular formula is C26H30Cl2N4O. The van der Waals surface area contributed by atoms with Crippen LogP contribution in [0.15, 0.2) is 30.6 Å². The largest absolute Gasteiger partial charge is 0.328 e. The molecule has 0 bridgehead atoms. The molecule has 3 saturated carbocycles. The first kappa shape index (κ1) is 21.7. The van der Waals surface area contributed by atoms with Gasteiger partial charge in [-0.05, 0) is 79.9 Å². The van der Waals surface area contributed by atoms with Crippen LogP contribution in [0.3, 0.4) is 0 Å².